The molecule has 0 radical (unpaired) electrons. The van der Waals surface area contributed by atoms with E-state index in [2.05, 4.69) is 0 Å². The fourth-order valence-electron chi connectivity index (χ4n) is 2.37. The van der Waals surface area contributed by atoms with Crippen LogP contribution in [0.5, 0.6) is 0 Å². The number of hydrogen-bond donors (Lipinski definition) is 1. The average molecular weight is 369 g/mol. The van der Waals surface area contributed by atoms with Crippen molar-refractivity contribution in [3.05, 3.63) is 59.2 Å². The molecule has 0 aromatic heterocycles. The van der Waals surface area contributed by atoms with E-state index >= 15 is 0 Å². The summed E-state index contributed by atoms with van der Waals surface area (Å²) in [6.07, 6.45) is 0. The van der Waals surface area contributed by atoms with Gasteiger partial charge in [0.1, 0.15) is 11.6 Å². The lowest BCUT2D eigenvalue weighted by Gasteiger charge is -2.23. The molecule has 0 saturated carbocycles. The van der Waals surface area contributed by atoms with E-state index in [1.54, 1.807) is 13.8 Å². The molecule has 0 fully saturated rings. The topological polar surface area (TPSA) is 74.7 Å². The van der Waals surface area contributed by atoms with Crippen LogP contribution in [-0.4, -0.2) is 26.5 Å². The maximum Gasteiger partial charge on any atom is 0.335 e. The van der Waals surface area contributed by atoms with Crippen molar-refractivity contribution in [3.63, 3.8) is 0 Å². The van der Waals surface area contributed by atoms with E-state index in [4.69, 9.17) is 5.11 Å². The Labute approximate surface area is 144 Å². The zero-order valence-corrected chi connectivity index (χ0v) is 14.6. The lowest BCUT2D eigenvalue weighted by Crippen LogP contribution is -2.29. The van der Waals surface area contributed by atoms with E-state index in [0.717, 1.165) is 31.3 Å². The number of aromatic carboxylic acids is 1. The van der Waals surface area contributed by atoms with E-state index in [0.29, 0.717) is 9.87 Å². The van der Waals surface area contributed by atoms with Crippen LogP contribution in [0.1, 0.15) is 35.7 Å². The summed E-state index contributed by atoms with van der Waals surface area (Å²) in [6, 6.07) is 6.22. The molecular weight excluding hydrogens is 352 g/mol. The maximum absolute atomic E-state index is 14.0. The molecule has 1 N–H and O–H groups in total. The lowest BCUT2D eigenvalue weighted by atomic mass is 10.0. The molecule has 2 aromatic rings. The molecule has 5 nitrogen and oxygen atoms in total. The van der Waals surface area contributed by atoms with Gasteiger partial charge in [-0.05, 0) is 35.7 Å². The standard InChI is InChI=1S/C17H17F2NO4S/c1-10(2)13-6-4-11(17(21)22)8-16(13)25(23,24)20(3)15-9-12(18)5-7-14(15)19/h4-10H,1-3H3,(H,21,22). The van der Waals surface area contributed by atoms with Crippen molar-refractivity contribution < 1.29 is 27.1 Å². The van der Waals surface area contributed by atoms with Gasteiger partial charge in [0.2, 0.25) is 0 Å². The van der Waals surface area contributed by atoms with Crippen LogP contribution < -0.4 is 4.31 Å². The second-order valence-electron chi connectivity index (χ2n) is 5.78. The lowest BCUT2D eigenvalue weighted by molar-refractivity contribution is 0.0696. The highest BCUT2D eigenvalue weighted by molar-refractivity contribution is 7.92. The summed E-state index contributed by atoms with van der Waals surface area (Å²) < 4.78 is 53.9. The SMILES string of the molecule is CC(C)c1ccc(C(=O)O)cc1S(=O)(=O)N(C)c1cc(F)ccc1F. The normalized spacial score (nSPS) is 11.6. The Hall–Kier alpha value is -2.48. The summed E-state index contributed by atoms with van der Waals surface area (Å²) in [5, 5.41) is 9.12. The van der Waals surface area contributed by atoms with Crippen molar-refractivity contribution in [2.24, 2.45) is 0 Å². The van der Waals surface area contributed by atoms with E-state index in [9.17, 15) is 22.0 Å². The predicted molar refractivity (Wildman–Crippen MR) is 89.4 cm³/mol. The summed E-state index contributed by atoms with van der Waals surface area (Å²) in [4.78, 5) is 10.9. The van der Waals surface area contributed by atoms with Crippen LogP contribution in [0.4, 0.5) is 14.5 Å². The molecule has 0 atom stereocenters. The molecule has 0 amide bonds. The molecular formula is C17H17F2NO4S. The minimum atomic E-state index is -4.30. The Balaban J connectivity index is 2.67. The molecule has 0 unspecified atom stereocenters. The van der Waals surface area contributed by atoms with Crippen molar-refractivity contribution in [1.29, 1.82) is 0 Å². The van der Waals surface area contributed by atoms with Crippen LogP contribution in [0.2, 0.25) is 0 Å². The monoisotopic (exact) mass is 369 g/mol. The third-order valence-electron chi connectivity index (χ3n) is 3.77. The molecule has 0 saturated heterocycles. The van der Waals surface area contributed by atoms with Gasteiger partial charge in [0.05, 0.1) is 16.1 Å². The fourth-order valence-corrected chi connectivity index (χ4v) is 3.94. The number of carboxylic acid groups (broad SMARTS) is 1. The van der Waals surface area contributed by atoms with Crippen molar-refractivity contribution in [2.45, 2.75) is 24.7 Å². The number of halogens is 2. The average Bonchev–Trinajstić information content (AvgIpc) is 2.55. The molecule has 0 aliphatic carbocycles. The van der Waals surface area contributed by atoms with E-state index in [-0.39, 0.29) is 16.4 Å². The first-order chi connectivity index (χ1) is 11.6. The molecule has 2 aromatic carbocycles. The molecule has 134 valence electrons. The number of anilines is 1. The maximum atomic E-state index is 14.0. The Bertz CT molecular complexity index is 926. The van der Waals surface area contributed by atoms with Gasteiger partial charge in [0.15, 0.2) is 0 Å². The molecule has 0 aliphatic heterocycles. The first-order valence-corrected chi connectivity index (χ1v) is 8.81. The van der Waals surface area contributed by atoms with Gasteiger partial charge in [-0.1, -0.05) is 19.9 Å². The Morgan fingerprint density at radius 1 is 1.12 bits per heavy atom. The molecule has 0 heterocycles. The second-order valence-corrected chi connectivity index (χ2v) is 7.72. The molecule has 2 rings (SSSR count). The van der Waals surface area contributed by atoms with Gasteiger partial charge in [0, 0.05) is 13.1 Å². The highest BCUT2D eigenvalue weighted by Crippen LogP contribution is 2.31. The van der Waals surface area contributed by atoms with Crippen LogP contribution in [0, 0.1) is 11.6 Å². The minimum Gasteiger partial charge on any atom is -0.478 e. The zero-order valence-electron chi connectivity index (χ0n) is 13.8. The molecule has 0 aliphatic rings. The highest BCUT2D eigenvalue weighted by atomic mass is 32.2. The number of benzene rings is 2. The Morgan fingerprint density at radius 2 is 1.76 bits per heavy atom. The van der Waals surface area contributed by atoms with Crippen LogP contribution >= 0.6 is 0 Å². The number of nitrogens with zero attached hydrogens (tertiary/aromatic N) is 1. The summed E-state index contributed by atoms with van der Waals surface area (Å²) in [5.41, 5.74) is -0.291. The molecule has 0 spiro atoms. The number of hydrogen-bond acceptors (Lipinski definition) is 3. The molecule has 0 bridgehead atoms. The molecule has 25 heavy (non-hydrogen) atoms. The zero-order chi connectivity index (χ0) is 18.9. The van der Waals surface area contributed by atoms with Crippen molar-refractivity contribution in [1.82, 2.24) is 0 Å². The highest BCUT2D eigenvalue weighted by Gasteiger charge is 2.28. The number of rotatable bonds is 5. The first-order valence-electron chi connectivity index (χ1n) is 7.37. The third-order valence-corrected chi connectivity index (χ3v) is 5.60. The Morgan fingerprint density at radius 3 is 2.32 bits per heavy atom. The second kappa shape index (κ2) is 6.79. The summed E-state index contributed by atoms with van der Waals surface area (Å²) in [6.45, 7) is 3.50. The van der Waals surface area contributed by atoms with Gasteiger partial charge in [-0.3, -0.25) is 4.31 Å². The van der Waals surface area contributed by atoms with Crippen LogP contribution in [0.25, 0.3) is 0 Å². The van der Waals surface area contributed by atoms with E-state index in [1.165, 1.54) is 12.1 Å². The van der Waals surface area contributed by atoms with Gasteiger partial charge in [0.25, 0.3) is 10.0 Å². The quantitative estimate of drug-likeness (QED) is 0.874. The van der Waals surface area contributed by atoms with E-state index in [1.807, 2.05) is 0 Å². The number of sulfonamides is 1. The van der Waals surface area contributed by atoms with Crippen molar-refractivity contribution in [2.75, 3.05) is 11.4 Å². The summed E-state index contributed by atoms with van der Waals surface area (Å²) in [5.74, 6) is -3.21. The summed E-state index contributed by atoms with van der Waals surface area (Å²) in [7, 11) is -3.21. The first kappa shape index (κ1) is 18.9. The third kappa shape index (κ3) is 3.63. The predicted octanol–water partition coefficient (Wildman–Crippen LogP) is 3.61. The van der Waals surface area contributed by atoms with Gasteiger partial charge < -0.3 is 5.11 Å². The van der Waals surface area contributed by atoms with Gasteiger partial charge in [-0.15, -0.1) is 0 Å². The van der Waals surface area contributed by atoms with Gasteiger partial charge >= 0.3 is 5.97 Å². The smallest absolute Gasteiger partial charge is 0.335 e. The van der Waals surface area contributed by atoms with E-state index < -0.39 is 33.3 Å². The van der Waals surface area contributed by atoms with Crippen molar-refractivity contribution >= 4 is 21.7 Å². The van der Waals surface area contributed by atoms with Crippen LogP contribution in [0.3, 0.4) is 0 Å². The van der Waals surface area contributed by atoms with Crippen LogP contribution in [0.15, 0.2) is 41.3 Å². The molecule has 8 heteroatoms. The van der Waals surface area contributed by atoms with Crippen LogP contribution in [-0.2, 0) is 10.0 Å². The van der Waals surface area contributed by atoms with Gasteiger partial charge in [-0.2, -0.15) is 0 Å². The van der Waals surface area contributed by atoms with Gasteiger partial charge in [-0.25, -0.2) is 22.0 Å². The minimum absolute atomic E-state index is 0.212. The van der Waals surface area contributed by atoms with Crippen molar-refractivity contribution in [3.8, 4) is 0 Å². The largest absolute Gasteiger partial charge is 0.478 e. The number of carbonyl (C=O) groups is 1. The fraction of sp³-hybridized carbons (Fsp3) is 0.235. The summed E-state index contributed by atoms with van der Waals surface area (Å²) >= 11 is 0. The Kier molecular flexibility index (Phi) is 5.12. The number of carboxylic acids is 1.